The van der Waals surface area contributed by atoms with Crippen LogP contribution in [-0.2, 0) is 16.4 Å². The zero-order chi connectivity index (χ0) is 14.6. The van der Waals surface area contributed by atoms with Crippen molar-refractivity contribution < 1.29 is 13.5 Å². The third-order valence-electron chi connectivity index (χ3n) is 3.69. The summed E-state index contributed by atoms with van der Waals surface area (Å²) >= 11 is 5.65. The number of benzene rings is 1. The van der Waals surface area contributed by atoms with Crippen LogP contribution in [0, 0.1) is 5.92 Å². The van der Waals surface area contributed by atoms with Crippen LogP contribution < -0.4 is 4.72 Å². The first-order valence-corrected chi connectivity index (χ1v) is 8.85. The summed E-state index contributed by atoms with van der Waals surface area (Å²) in [5.74, 6) is 0.754. The number of halogens is 1. The van der Waals surface area contributed by atoms with E-state index in [-0.39, 0.29) is 16.9 Å². The molecule has 20 heavy (non-hydrogen) atoms. The Labute approximate surface area is 125 Å². The summed E-state index contributed by atoms with van der Waals surface area (Å²) in [5.41, 5.74) is 1.03. The molecular formula is C14H20ClNO3S. The van der Waals surface area contributed by atoms with Crippen LogP contribution in [0.2, 0.25) is 0 Å². The molecule has 1 fully saturated rings. The lowest BCUT2D eigenvalue weighted by Gasteiger charge is -2.11. The summed E-state index contributed by atoms with van der Waals surface area (Å²) in [6.07, 6.45) is 2.77. The largest absolute Gasteiger partial charge is 0.393 e. The van der Waals surface area contributed by atoms with Crippen LogP contribution in [0.25, 0.3) is 0 Å². The van der Waals surface area contributed by atoms with Crippen molar-refractivity contribution in [3.63, 3.8) is 0 Å². The van der Waals surface area contributed by atoms with E-state index in [1.54, 1.807) is 24.3 Å². The van der Waals surface area contributed by atoms with E-state index in [4.69, 9.17) is 11.6 Å². The second kappa shape index (κ2) is 6.89. The van der Waals surface area contributed by atoms with Crippen molar-refractivity contribution in [2.24, 2.45) is 5.92 Å². The van der Waals surface area contributed by atoms with E-state index in [1.807, 2.05) is 0 Å². The molecule has 0 bridgehead atoms. The van der Waals surface area contributed by atoms with Crippen molar-refractivity contribution in [3.05, 3.63) is 29.8 Å². The Hall–Kier alpha value is -0.620. The van der Waals surface area contributed by atoms with Crippen molar-refractivity contribution in [3.8, 4) is 0 Å². The van der Waals surface area contributed by atoms with Gasteiger partial charge in [-0.15, -0.1) is 11.6 Å². The van der Waals surface area contributed by atoms with Gasteiger partial charge in [0.05, 0.1) is 11.0 Å². The normalized spacial score (nSPS) is 23.1. The molecule has 1 aromatic rings. The molecule has 2 atom stereocenters. The Balaban J connectivity index is 1.95. The molecule has 0 aromatic heterocycles. The third kappa shape index (κ3) is 4.19. The van der Waals surface area contributed by atoms with E-state index in [0.29, 0.717) is 18.8 Å². The van der Waals surface area contributed by atoms with Crippen molar-refractivity contribution in [1.29, 1.82) is 0 Å². The van der Waals surface area contributed by atoms with Gasteiger partial charge in [0, 0.05) is 12.4 Å². The highest BCUT2D eigenvalue weighted by atomic mass is 35.5. The molecule has 6 heteroatoms. The topological polar surface area (TPSA) is 66.4 Å². The first-order chi connectivity index (χ1) is 9.51. The summed E-state index contributed by atoms with van der Waals surface area (Å²) < 4.78 is 26.9. The Kier molecular flexibility index (Phi) is 5.43. The van der Waals surface area contributed by atoms with Gasteiger partial charge in [0.15, 0.2) is 0 Å². The van der Waals surface area contributed by atoms with Crippen LogP contribution in [0.4, 0.5) is 0 Å². The Morgan fingerprint density at radius 1 is 1.25 bits per heavy atom. The van der Waals surface area contributed by atoms with Gasteiger partial charge in [0.25, 0.3) is 0 Å². The van der Waals surface area contributed by atoms with Crippen molar-refractivity contribution in [2.45, 2.75) is 36.7 Å². The maximum atomic E-state index is 12.1. The van der Waals surface area contributed by atoms with Crippen LogP contribution in [-0.4, -0.2) is 32.1 Å². The molecule has 4 nitrogen and oxygen atoms in total. The third-order valence-corrected chi connectivity index (χ3v) is 5.32. The Morgan fingerprint density at radius 3 is 2.50 bits per heavy atom. The Morgan fingerprint density at radius 2 is 1.95 bits per heavy atom. The van der Waals surface area contributed by atoms with Crippen molar-refractivity contribution in [1.82, 2.24) is 4.72 Å². The second-order valence-corrected chi connectivity index (χ2v) is 7.41. The summed E-state index contributed by atoms with van der Waals surface area (Å²) in [7, 11) is -3.46. The van der Waals surface area contributed by atoms with Crippen LogP contribution in [0.1, 0.15) is 24.8 Å². The van der Waals surface area contributed by atoms with Gasteiger partial charge in [0.2, 0.25) is 10.0 Å². The number of sulfonamides is 1. The summed E-state index contributed by atoms with van der Waals surface area (Å²) in [4.78, 5) is 0.273. The maximum absolute atomic E-state index is 12.1. The van der Waals surface area contributed by atoms with Crippen LogP contribution in [0.15, 0.2) is 29.2 Å². The summed E-state index contributed by atoms with van der Waals surface area (Å²) in [6.45, 7) is 0.392. The van der Waals surface area contributed by atoms with E-state index in [2.05, 4.69) is 4.72 Å². The smallest absolute Gasteiger partial charge is 0.240 e. The molecule has 112 valence electrons. The molecule has 0 saturated heterocycles. The van der Waals surface area contributed by atoms with Crippen LogP contribution >= 0.6 is 11.6 Å². The van der Waals surface area contributed by atoms with Gasteiger partial charge in [-0.3, -0.25) is 0 Å². The fraction of sp³-hybridized carbons (Fsp3) is 0.571. The van der Waals surface area contributed by atoms with Crippen molar-refractivity contribution in [2.75, 3.05) is 12.4 Å². The van der Waals surface area contributed by atoms with Gasteiger partial charge in [0.1, 0.15) is 0 Å². The molecule has 1 aliphatic rings. The van der Waals surface area contributed by atoms with Crippen LogP contribution in [0.5, 0.6) is 0 Å². The van der Waals surface area contributed by atoms with Gasteiger partial charge >= 0.3 is 0 Å². The SMILES string of the molecule is O=S(=O)(NCC1CCC(O)C1)c1ccc(CCCl)cc1. The van der Waals surface area contributed by atoms with Gasteiger partial charge < -0.3 is 5.11 Å². The fourth-order valence-electron chi connectivity index (χ4n) is 2.49. The van der Waals surface area contributed by atoms with Gasteiger partial charge in [-0.05, 0) is 49.3 Å². The average molecular weight is 318 g/mol. The molecule has 0 spiro atoms. The summed E-state index contributed by atoms with van der Waals surface area (Å²) in [5, 5.41) is 9.44. The van der Waals surface area contributed by atoms with E-state index in [1.165, 1.54) is 0 Å². The minimum atomic E-state index is -3.46. The number of rotatable bonds is 6. The first kappa shape index (κ1) is 15.8. The van der Waals surface area contributed by atoms with E-state index >= 15 is 0 Å². The molecule has 1 saturated carbocycles. The van der Waals surface area contributed by atoms with Crippen molar-refractivity contribution >= 4 is 21.6 Å². The minimum absolute atomic E-state index is 0.232. The highest BCUT2D eigenvalue weighted by molar-refractivity contribution is 7.89. The lowest BCUT2D eigenvalue weighted by atomic mass is 10.1. The maximum Gasteiger partial charge on any atom is 0.240 e. The fourth-order valence-corrected chi connectivity index (χ4v) is 3.82. The van der Waals surface area contributed by atoms with Gasteiger partial charge in [-0.2, -0.15) is 0 Å². The quantitative estimate of drug-likeness (QED) is 0.788. The highest BCUT2D eigenvalue weighted by Crippen LogP contribution is 2.25. The zero-order valence-electron chi connectivity index (χ0n) is 11.3. The number of aliphatic hydroxyl groups is 1. The monoisotopic (exact) mass is 317 g/mol. The number of hydrogen-bond acceptors (Lipinski definition) is 3. The number of aliphatic hydroxyl groups excluding tert-OH is 1. The lowest BCUT2D eigenvalue weighted by molar-refractivity contribution is 0.178. The summed E-state index contributed by atoms with van der Waals surface area (Å²) in [6, 6.07) is 6.79. The molecule has 1 aliphatic carbocycles. The molecule has 0 amide bonds. The molecule has 0 aliphatic heterocycles. The highest BCUT2D eigenvalue weighted by Gasteiger charge is 2.24. The molecule has 2 N–H and O–H groups in total. The van der Waals surface area contributed by atoms with Gasteiger partial charge in [-0.1, -0.05) is 12.1 Å². The number of alkyl halides is 1. The molecule has 0 radical (unpaired) electrons. The molecule has 2 unspecified atom stereocenters. The Bertz CT molecular complexity index is 530. The van der Waals surface area contributed by atoms with Crippen LogP contribution in [0.3, 0.4) is 0 Å². The second-order valence-electron chi connectivity index (χ2n) is 5.27. The van der Waals surface area contributed by atoms with E-state index in [9.17, 15) is 13.5 Å². The number of hydrogen-bond donors (Lipinski definition) is 2. The molecular weight excluding hydrogens is 298 g/mol. The number of nitrogens with one attached hydrogen (secondary N) is 1. The molecule has 2 rings (SSSR count). The van der Waals surface area contributed by atoms with Gasteiger partial charge in [-0.25, -0.2) is 13.1 Å². The predicted octanol–water partition coefficient (Wildman–Crippen LogP) is 1.91. The van der Waals surface area contributed by atoms with E-state index < -0.39 is 10.0 Å². The average Bonchev–Trinajstić information content (AvgIpc) is 2.84. The minimum Gasteiger partial charge on any atom is -0.393 e. The number of aryl methyl sites for hydroxylation is 1. The predicted molar refractivity (Wildman–Crippen MR) is 79.4 cm³/mol. The molecule has 0 heterocycles. The van der Waals surface area contributed by atoms with E-state index in [0.717, 1.165) is 24.8 Å². The molecule has 1 aromatic carbocycles. The standard InChI is InChI=1S/C14H20ClNO3S/c15-8-7-11-2-5-14(6-3-11)20(18,19)16-10-12-1-4-13(17)9-12/h2-3,5-6,12-13,16-17H,1,4,7-10H2. The first-order valence-electron chi connectivity index (χ1n) is 6.84. The zero-order valence-corrected chi connectivity index (χ0v) is 12.8. The lowest BCUT2D eigenvalue weighted by Crippen LogP contribution is -2.28.